The Bertz CT molecular complexity index is 204. The van der Waals surface area contributed by atoms with Crippen molar-refractivity contribution in [2.75, 3.05) is 13.1 Å². The van der Waals surface area contributed by atoms with E-state index in [4.69, 9.17) is 10.8 Å². The molecule has 0 saturated carbocycles. The Morgan fingerprint density at radius 1 is 1.43 bits per heavy atom. The van der Waals surface area contributed by atoms with Gasteiger partial charge in [0.1, 0.15) is 0 Å². The molecular weight excluding hydrogens is 184 g/mol. The van der Waals surface area contributed by atoms with Gasteiger partial charge in [-0.2, -0.15) is 0 Å². The van der Waals surface area contributed by atoms with Crippen LogP contribution in [0.3, 0.4) is 0 Å². The van der Waals surface area contributed by atoms with Crippen LogP contribution >= 0.6 is 0 Å². The first-order valence-electron chi connectivity index (χ1n) is 4.68. The second-order valence-electron chi connectivity index (χ2n) is 3.52. The van der Waals surface area contributed by atoms with Crippen LogP contribution in [0.15, 0.2) is 0 Å². The molecule has 5 nitrogen and oxygen atoms in total. The van der Waals surface area contributed by atoms with E-state index in [1.54, 1.807) is 0 Å². The van der Waals surface area contributed by atoms with Crippen LogP contribution in [0.5, 0.6) is 0 Å². The monoisotopic (exact) mass is 202 g/mol. The fourth-order valence-corrected chi connectivity index (χ4v) is 1.11. The molecule has 0 heterocycles. The Morgan fingerprint density at radius 2 is 2.00 bits per heavy atom. The topological polar surface area (TPSA) is 92.4 Å². The summed E-state index contributed by atoms with van der Waals surface area (Å²) in [6.07, 6.45) is -0.0544. The van der Waals surface area contributed by atoms with Crippen LogP contribution in [0.2, 0.25) is 0 Å². The maximum atomic E-state index is 11.4. The molecule has 0 aliphatic heterocycles. The van der Waals surface area contributed by atoms with Crippen molar-refractivity contribution in [1.82, 2.24) is 5.32 Å². The summed E-state index contributed by atoms with van der Waals surface area (Å²) in [5.41, 5.74) is 5.43. The van der Waals surface area contributed by atoms with Crippen molar-refractivity contribution in [3.63, 3.8) is 0 Å². The van der Waals surface area contributed by atoms with Crippen molar-refractivity contribution >= 4 is 11.9 Å². The molecule has 0 fully saturated rings. The van der Waals surface area contributed by atoms with E-state index in [0.717, 1.165) is 0 Å². The van der Waals surface area contributed by atoms with Gasteiger partial charge >= 0.3 is 5.97 Å². The number of carbonyl (C=O) groups excluding carboxylic acids is 1. The van der Waals surface area contributed by atoms with Gasteiger partial charge < -0.3 is 16.2 Å². The number of rotatable bonds is 6. The maximum Gasteiger partial charge on any atom is 0.305 e. The Morgan fingerprint density at radius 3 is 2.36 bits per heavy atom. The summed E-state index contributed by atoms with van der Waals surface area (Å²) in [7, 11) is 0. The Kier molecular flexibility index (Phi) is 5.87. The normalized spacial score (nSPS) is 12.6. The number of nitrogens with one attached hydrogen (secondary N) is 1. The number of nitrogens with two attached hydrogens (primary N) is 1. The Hall–Kier alpha value is -1.10. The van der Waals surface area contributed by atoms with Crippen molar-refractivity contribution < 1.29 is 14.7 Å². The van der Waals surface area contributed by atoms with Gasteiger partial charge in [0.15, 0.2) is 0 Å². The van der Waals surface area contributed by atoms with E-state index in [0.29, 0.717) is 0 Å². The number of amides is 1. The number of carbonyl (C=O) groups is 2. The van der Waals surface area contributed by atoms with Crippen LogP contribution in [0.4, 0.5) is 0 Å². The largest absolute Gasteiger partial charge is 0.481 e. The van der Waals surface area contributed by atoms with Crippen LogP contribution in [0.1, 0.15) is 20.3 Å². The van der Waals surface area contributed by atoms with Crippen molar-refractivity contribution in [2.24, 2.45) is 17.6 Å². The lowest BCUT2D eigenvalue weighted by atomic mass is 9.95. The van der Waals surface area contributed by atoms with Gasteiger partial charge in [0.25, 0.3) is 0 Å². The van der Waals surface area contributed by atoms with Crippen molar-refractivity contribution in [3.8, 4) is 0 Å². The third kappa shape index (κ3) is 4.81. The smallest absolute Gasteiger partial charge is 0.305 e. The lowest BCUT2D eigenvalue weighted by Crippen LogP contribution is -2.38. The number of aliphatic carboxylic acids is 1. The van der Waals surface area contributed by atoms with E-state index >= 15 is 0 Å². The van der Waals surface area contributed by atoms with E-state index in [1.165, 1.54) is 0 Å². The summed E-state index contributed by atoms with van der Waals surface area (Å²) in [6.45, 7) is 4.27. The van der Waals surface area contributed by atoms with Crippen LogP contribution in [0.25, 0.3) is 0 Å². The molecule has 0 aliphatic carbocycles. The minimum atomic E-state index is -0.917. The molecule has 0 aliphatic rings. The van der Waals surface area contributed by atoms with E-state index in [1.807, 2.05) is 13.8 Å². The molecular formula is C9H18N2O3. The SMILES string of the molecule is CC(C)C(CN)C(=O)NCCC(=O)O. The summed E-state index contributed by atoms with van der Waals surface area (Å²) in [4.78, 5) is 21.6. The molecule has 0 rings (SSSR count). The van der Waals surface area contributed by atoms with Crippen LogP contribution in [-0.4, -0.2) is 30.1 Å². The minimum absolute atomic E-state index is 0.0544. The van der Waals surface area contributed by atoms with Gasteiger partial charge in [0.05, 0.1) is 12.3 Å². The highest BCUT2D eigenvalue weighted by Crippen LogP contribution is 2.08. The summed E-state index contributed by atoms with van der Waals surface area (Å²) >= 11 is 0. The van der Waals surface area contributed by atoms with E-state index in [2.05, 4.69) is 5.32 Å². The summed E-state index contributed by atoms with van der Waals surface area (Å²) in [6, 6.07) is 0. The van der Waals surface area contributed by atoms with Gasteiger partial charge in [-0.05, 0) is 5.92 Å². The number of carboxylic acid groups (broad SMARTS) is 1. The molecule has 1 unspecified atom stereocenters. The van der Waals surface area contributed by atoms with Gasteiger partial charge in [0, 0.05) is 13.1 Å². The van der Waals surface area contributed by atoms with Crippen LogP contribution in [-0.2, 0) is 9.59 Å². The predicted molar refractivity (Wildman–Crippen MR) is 52.6 cm³/mol. The third-order valence-corrected chi connectivity index (χ3v) is 2.03. The summed E-state index contributed by atoms with van der Waals surface area (Å²) in [5.74, 6) is -1.14. The molecule has 0 aromatic carbocycles. The Labute approximate surface area is 83.7 Å². The fraction of sp³-hybridized carbons (Fsp3) is 0.778. The molecule has 1 atom stereocenters. The van der Waals surface area contributed by atoms with E-state index < -0.39 is 5.97 Å². The summed E-state index contributed by atoms with van der Waals surface area (Å²) < 4.78 is 0. The molecule has 14 heavy (non-hydrogen) atoms. The molecule has 4 N–H and O–H groups in total. The van der Waals surface area contributed by atoms with Crippen LogP contribution in [0, 0.1) is 11.8 Å². The van der Waals surface area contributed by atoms with Crippen molar-refractivity contribution in [2.45, 2.75) is 20.3 Å². The second-order valence-corrected chi connectivity index (χ2v) is 3.52. The molecule has 0 aromatic rings. The van der Waals surface area contributed by atoms with Crippen molar-refractivity contribution in [3.05, 3.63) is 0 Å². The van der Waals surface area contributed by atoms with E-state index in [9.17, 15) is 9.59 Å². The molecule has 0 aromatic heterocycles. The summed E-state index contributed by atoms with van der Waals surface area (Å²) in [5, 5.41) is 10.9. The highest BCUT2D eigenvalue weighted by Gasteiger charge is 2.19. The van der Waals surface area contributed by atoms with Crippen molar-refractivity contribution in [1.29, 1.82) is 0 Å². The molecule has 0 saturated heterocycles. The Balaban J connectivity index is 3.87. The molecule has 1 amide bonds. The zero-order valence-corrected chi connectivity index (χ0v) is 8.62. The average Bonchev–Trinajstić information content (AvgIpc) is 2.03. The first kappa shape index (κ1) is 12.9. The molecule has 82 valence electrons. The maximum absolute atomic E-state index is 11.4. The van der Waals surface area contributed by atoms with Gasteiger partial charge in [-0.1, -0.05) is 13.8 Å². The number of hydrogen-bond donors (Lipinski definition) is 3. The highest BCUT2D eigenvalue weighted by molar-refractivity contribution is 5.79. The lowest BCUT2D eigenvalue weighted by Gasteiger charge is -2.17. The zero-order valence-electron chi connectivity index (χ0n) is 8.62. The van der Waals surface area contributed by atoms with Crippen LogP contribution < -0.4 is 11.1 Å². The standard InChI is InChI=1S/C9H18N2O3/c1-6(2)7(5-10)9(14)11-4-3-8(12)13/h6-7H,3-5,10H2,1-2H3,(H,11,14)(H,12,13). The average molecular weight is 202 g/mol. The third-order valence-electron chi connectivity index (χ3n) is 2.03. The predicted octanol–water partition coefficient (Wildman–Crippen LogP) is -0.192. The second kappa shape index (κ2) is 6.37. The van der Waals surface area contributed by atoms with E-state index in [-0.39, 0.29) is 37.3 Å². The van der Waals surface area contributed by atoms with Gasteiger partial charge in [-0.3, -0.25) is 9.59 Å². The van der Waals surface area contributed by atoms with Gasteiger partial charge in [0.2, 0.25) is 5.91 Å². The quantitative estimate of drug-likeness (QED) is 0.556. The van der Waals surface area contributed by atoms with Gasteiger partial charge in [-0.25, -0.2) is 0 Å². The fourth-order valence-electron chi connectivity index (χ4n) is 1.11. The molecule has 0 bridgehead atoms. The minimum Gasteiger partial charge on any atom is -0.481 e. The van der Waals surface area contributed by atoms with Gasteiger partial charge in [-0.15, -0.1) is 0 Å². The number of hydrogen-bond acceptors (Lipinski definition) is 3. The first-order chi connectivity index (χ1) is 6.49. The molecule has 0 spiro atoms. The number of carboxylic acids is 1. The first-order valence-corrected chi connectivity index (χ1v) is 4.68. The zero-order chi connectivity index (χ0) is 11.1. The molecule has 5 heteroatoms. The lowest BCUT2D eigenvalue weighted by molar-refractivity contribution is -0.137. The highest BCUT2D eigenvalue weighted by atomic mass is 16.4. The molecule has 0 radical (unpaired) electrons.